The number of nitrogens with one attached hydrogen (secondary N) is 1. The first kappa shape index (κ1) is 11.8. The van der Waals surface area contributed by atoms with Crippen molar-refractivity contribution in [3.63, 3.8) is 0 Å². The van der Waals surface area contributed by atoms with Crippen LogP contribution in [-0.4, -0.2) is 25.8 Å². The van der Waals surface area contributed by atoms with Crippen molar-refractivity contribution in [1.82, 2.24) is 5.32 Å². The van der Waals surface area contributed by atoms with Crippen LogP contribution in [0.4, 0.5) is 4.39 Å². The van der Waals surface area contributed by atoms with Gasteiger partial charge in [0.2, 0.25) is 0 Å². The van der Waals surface area contributed by atoms with Crippen LogP contribution in [0.2, 0.25) is 0 Å². The monoisotopic (exact) mass is 213 g/mol. The molecule has 2 N–H and O–H groups in total. The van der Waals surface area contributed by atoms with Crippen LogP contribution in [-0.2, 0) is 6.42 Å². The maximum atomic E-state index is 13.7. The third-order valence-corrected chi connectivity index (χ3v) is 2.31. The number of methoxy groups -OCH3 is 1. The van der Waals surface area contributed by atoms with Crippen molar-refractivity contribution in [2.75, 3.05) is 20.7 Å². The normalized spacial score (nSPS) is 10.4. The Balaban J connectivity index is 3.12. The second-order valence-corrected chi connectivity index (χ2v) is 3.40. The first-order valence-electron chi connectivity index (χ1n) is 4.81. The fourth-order valence-electron chi connectivity index (χ4n) is 1.45. The van der Waals surface area contributed by atoms with E-state index in [2.05, 4.69) is 5.32 Å². The third-order valence-electron chi connectivity index (χ3n) is 2.31. The summed E-state index contributed by atoms with van der Waals surface area (Å²) >= 11 is 0. The van der Waals surface area contributed by atoms with Gasteiger partial charge in [0.15, 0.2) is 17.3 Å². The van der Waals surface area contributed by atoms with Crippen molar-refractivity contribution < 1.29 is 14.2 Å². The van der Waals surface area contributed by atoms with Gasteiger partial charge in [0, 0.05) is 0 Å². The molecule has 1 aromatic carbocycles. The average Bonchev–Trinajstić information content (AvgIpc) is 2.22. The zero-order valence-electron chi connectivity index (χ0n) is 9.22. The van der Waals surface area contributed by atoms with Crippen molar-refractivity contribution in [1.29, 1.82) is 0 Å². The van der Waals surface area contributed by atoms with Crippen molar-refractivity contribution in [3.05, 3.63) is 23.0 Å². The first-order chi connectivity index (χ1) is 7.11. The molecule has 0 heterocycles. The summed E-state index contributed by atoms with van der Waals surface area (Å²) in [6.45, 7) is 2.41. The molecule has 0 fully saturated rings. The van der Waals surface area contributed by atoms with Gasteiger partial charge in [0.25, 0.3) is 0 Å². The Labute approximate surface area is 88.9 Å². The summed E-state index contributed by atoms with van der Waals surface area (Å²) < 4.78 is 18.6. The number of likely N-dealkylation sites (N-methyl/N-ethyl adjacent to an activating group) is 1. The lowest BCUT2D eigenvalue weighted by Gasteiger charge is -2.11. The van der Waals surface area contributed by atoms with Gasteiger partial charge in [-0.15, -0.1) is 0 Å². The molecule has 0 saturated carbocycles. The minimum atomic E-state index is -0.476. The topological polar surface area (TPSA) is 41.5 Å². The minimum absolute atomic E-state index is 0.0684. The summed E-state index contributed by atoms with van der Waals surface area (Å²) in [5.74, 6) is -0.667. The number of halogens is 1. The van der Waals surface area contributed by atoms with Gasteiger partial charge in [-0.25, -0.2) is 4.39 Å². The van der Waals surface area contributed by atoms with E-state index in [0.29, 0.717) is 24.1 Å². The molecule has 0 aliphatic heterocycles. The molecule has 0 radical (unpaired) electrons. The number of phenolic OH excluding ortho intramolecular Hbond substituents is 1. The van der Waals surface area contributed by atoms with E-state index < -0.39 is 5.82 Å². The predicted molar refractivity (Wildman–Crippen MR) is 57.0 cm³/mol. The Bertz CT molecular complexity index is 353. The highest BCUT2D eigenvalue weighted by Crippen LogP contribution is 2.34. The van der Waals surface area contributed by atoms with Crippen LogP contribution in [0.3, 0.4) is 0 Å². The number of aryl methyl sites for hydroxylation is 1. The maximum absolute atomic E-state index is 13.7. The lowest BCUT2D eigenvalue weighted by Crippen LogP contribution is -2.11. The second kappa shape index (κ2) is 4.98. The van der Waals surface area contributed by atoms with E-state index in [1.165, 1.54) is 7.11 Å². The number of phenols is 1. The second-order valence-electron chi connectivity index (χ2n) is 3.40. The number of hydrogen-bond donors (Lipinski definition) is 2. The van der Waals surface area contributed by atoms with Crippen LogP contribution in [0.1, 0.15) is 11.1 Å². The Morgan fingerprint density at radius 2 is 2.20 bits per heavy atom. The van der Waals surface area contributed by atoms with Crippen LogP contribution in [0, 0.1) is 12.7 Å². The number of aromatic hydroxyl groups is 1. The molecule has 3 nitrogen and oxygen atoms in total. The van der Waals surface area contributed by atoms with Crippen LogP contribution in [0.25, 0.3) is 0 Å². The van der Waals surface area contributed by atoms with Gasteiger partial charge in [-0.2, -0.15) is 0 Å². The smallest absolute Gasteiger partial charge is 0.197 e. The Morgan fingerprint density at radius 3 is 2.73 bits per heavy atom. The van der Waals surface area contributed by atoms with Gasteiger partial charge in [-0.3, -0.25) is 0 Å². The average molecular weight is 213 g/mol. The van der Waals surface area contributed by atoms with Crippen LogP contribution >= 0.6 is 0 Å². The highest BCUT2D eigenvalue weighted by atomic mass is 19.1. The minimum Gasteiger partial charge on any atom is -0.504 e. The molecular formula is C11H16FNO2. The van der Waals surface area contributed by atoms with E-state index in [0.717, 1.165) is 0 Å². The molecule has 0 saturated heterocycles. The van der Waals surface area contributed by atoms with Crippen molar-refractivity contribution in [2.24, 2.45) is 0 Å². The SMILES string of the molecule is CNCCc1cc(C)c(O)c(OC)c1F. The molecule has 0 aliphatic rings. The van der Waals surface area contributed by atoms with E-state index in [4.69, 9.17) is 4.74 Å². The van der Waals surface area contributed by atoms with Crippen molar-refractivity contribution in [3.8, 4) is 11.5 Å². The summed E-state index contributed by atoms with van der Waals surface area (Å²) in [4.78, 5) is 0. The molecule has 0 bridgehead atoms. The molecule has 0 amide bonds. The molecule has 15 heavy (non-hydrogen) atoms. The zero-order chi connectivity index (χ0) is 11.4. The van der Waals surface area contributed by atoms with Gasteiger partial charge < -0.3 is 15.2 Å². The number of benzene rings is 1. The summed E-state index contributed by atoms with van der Waals surface area (Å²) in [6.07, 6.45) is 0.569. The standard InChI is InChI=1S/C11H16FNO2/c1-7-6-8(4-5-13-2)9(12)11(15-3)10(7)14/h6,13-14H,4-5H2,1-3H3. The van der Waals surface area contributed by atoms with Gasteiger partial charge in [-0.05, 0) is 44.1 Å². The van der Waals surface area contributed by atoms with Crippen LogP contribution in [0.5, 0.6) is 11.5 Å². The molecule has 4 heteroatoms. The van der Waals surface area contributed by atoms with Gasteiger partial charge in [-0.1, -0.05) is 0 Å². The van der Waals surface area contributed by atoms with Gasteiger partial charge in [0.05, 0.1) is 7.11 Å². The molecule has 0 aromatic heterocycles. The van der Waals surface area contributed by atoms with Crippen molar-refractivity contribution >= 4 is 0 Å². The van der Waals surface area contributed by atoms with Crippen molar-refractivity contribution in [2.45, 2.75) is 13.3 Å². The number of ether oxygens (including phenoxy) is 1. The van der Waals surface area contributed by atoms with Crippen LogP contribution in [0.15, 0.2) is 6.07 Å². The van der Waals surface area contributed by atoms with Gasteiger partial charge in [0.1, 0.15) is 0 Å². The Kier molecular flexibility index (Phi) is 3.91. The molecule has 1 rings (SSSR count). The summed E-state index contributed by atoms with van der Waals surface area (Å²) in [5, 5.41) is 12.5. The highest BCUT2D eigenvalue weighted by Gasteiger charge is 2.15. The molecule has 0 atom stereocenters. The van der Waals surface area contributed by atoms with E-state index in [-0.39, 0.29) is 11.5 Å². The number of hydrogen-bond acceptors (Lipinski definition) is 3. The van der Waals surface area contributed by atoms with E-state index >= 15 is 0 Å². The third kappa shape index (κ3) is 2.39. The Hall–Kier alpha value is -1.29. The highest BCUT2D eigenvalue weighted by molar-refractivity contribution is 5.49. The van der Waals surface area contributed by atoms with Crippen LogP contribution < -0.4 is 10.1 Å². The summed E-state index contributed by atoms with van der Waals surface area (Å²) in [5.41, 5.74) is 1.18. The maximum Gasteiger partial charge on any atom is 0.197 e. The molecule has 0 spiro atoms. The fourth-order valence-corrected chi connectivity index (χ4v) is 1.45. The Morgan fingerprint density at radius 1 is 1.53 bits per heavy atom. The fraction of sp³-hybridized carbons (Fsp3) is 0.455. The first-order valence-corrected chi connectivity index (χ1v) is 4.81. The lowest BCUT2D eigenvalue weighted by molar-refractivity contribution is 0.347. The number of rotatable bonds is 4. The molecular weight excluding hydrogens is 197 g/mol. The van der Waals surface area contributed by atoms with E-state index in [1.54, 1.807) is 13.0 Å². The van der Waals surface area contributed by atoms with E-state index in [1.807, 2.05) is 7.05 Å². The molecule has 0 unspecified atom stereocenters. The zero-order valence-corrected chi connectivity index (χ0v) is 9.22. The summed E-state index contributed by atoms with van der Waals surface area (Å²) in [6, 6.07) is 1.64. The molecule has 84 valence electrons. The largest absolute Gasteiger partial charge is 0.504 e. The van der Waals surface area contributed by atoms with Gasteiger partial charge >= 0.3 is 0 Å². The lowest BCUT2D eigenvalue weighted by atomic mass is 10.1. The predicted octanol–water partition coefficient (Wildman–Crippen LogP) is 1.61. The quantitative estimate of drug-likeness (QED) is 0.798. The van der Waals surface area contributed by atoms with E-state index in [9.17, 15) is 9.50 Å². The molecule has 1 aromatic rings. The summed E-state index contributed by atoms with van der Waals surface area (Å²) in [7, 11) is 3.15. The molecule has 0 aliphatic carbocycles.